The Balaban J connectivity index is 1.68. The topological polar surface area (TPSA) is 54.4 Å². The molecule has 2 heterocycles. The first-order valence-corrected chi connectivity index (χ1v) is 9.70. The highest BCUT2D eigenvalue weighted by Crippen LogP contribution is 2.33. The van der Waals surface area contributed by atoms with E-state index in [9.17, 15) is 4.79 Å². The third-order valence-electron chi connectivity index (χ3n) is 4.19. The molecule has 0 radical (unpaired) electrons. The fourth-order valence-corrected chi connectivity index (χ4v) is 4.56. The van der Waals surface area contributed by atoms with Gasteiger partial charge in [-0.05, 0) is 24.0 Å². The average molecular weight is 348 g/mol. The summed E-state index contributed by atoms with van der Waals surface area (Å²) >= 11 is 3.35. The third kappa shape index (κ3) is 4.12. The summed E-state index contributed by atoms with van der Waals surface area (Å²) in [4.78, 5) is 21.3. The maximum absolute atomic E-state index is 12.3. The minimum atomic E-state index is -0.0816. The van der Waals surface area contributed by atoms with Crippen molar-refractivity contribution in [2.45, 2.75) is 33.1 Å². The SMILES string of the molecule is CCC(C)(CC(=O)NC1=NCCS1)Cc1nc2ccccc2s1. The van der Waals surface area contributed by atoms with E-state index in [1.807, 2.05) is 18.2 Å². The smallest absolute Gasteiger partial charge is 0.226 e. The van der Waals surface area contributed by atoms with Gasteiger partial charge in [0.25, 0.3) is 0 Å². The highest BCUT2D eigenvalue weighted by atomic mass is 32.2. The van der Waals surface area contributed by atoms with Gasteiger partial charge in [-0.25, -0.2) is 4.98 Å². The second kappa shape index (κ2) is 7.01. The van der Waals surface area contributed by atoms with E-state index in [0.29, 0.717) is 6.42 Å². The molecule has 0 aliphatic carbocycles. The van der Waals surface area contributed by atoms with E-state index in [4.69, 9.17) is 4.98 Å². The number of benzene rings is 1. The zero-order valence-corrected chi connectivity index (χ0v) is 15.1. The Morgan fingerprint density at radius 2 is 2.22 bits per heavy atom. The van der Waals surface area contributed by atoms with Gasteiger partial charge in [-0.15, -0.1) is 11.3 Å². The van der Waals surface area contributed by atoms with E-state index in [1.54, 1.807) is 23.1 Å². The maximum atomic E-state index is 12.3. The van der Waals surface area contributed by atoms with Gasteiger partial charge in [0.1, 0.15) is 0 Å². The molecule has 0 saturated heterocycles. The number of thiazole rings is 1. The van der Waals surface area contributed by atoms with Gasteiger partial charge in [-0.1, -0.05) is 37.7 Å². The van der Waals surface area contributed by atoms with Crippen LogP contribution in [0.4, 0.5) is 0 Å². The molecule has 23 heavy (non-hydrogen) atoms. The number of rotatable bonds is 5. The number of carbonyl (C=O) groups excluding carboxylic acids is 1. The average Bonchev–Trinajstić information content (AvgIpc) is 3.15. The molecule has 2 aromatic rings. The quantitative estimate of drug-likeness (QED) is 0.893. The van der Waals surface area contributed by atoms with Crippen LogP contribution in [-0.2, 0) is 11.2 Å². The lowest BCUT2D eigenvalue weighted by Crippen LogP contribution is -2.33. The molecule has 1 aromatic heterocycles. The van der Waals surface area contributed by atoms with Gasteiger partial charge in [0.05, 0.1) is 21.8 Å². The number of carbonyl (C=O) groups is 1. The van der Waals surface area contributed by atoms with Crippen LogP contribution >= 0.6 is 23.1 Å². The Morgan fingerprint density at radius 1 is 1.39 bits per heavy atom. The fraction of sp³-hybridized carbons (Fsp3) is 0.471. The van der Waals surface area contributed by atoms with Crippen LogP contribution in [0.1, 0.15) is 31.7 Å². The molecule has 1 aliphatic rings. The summed E-state index contributed by atoms with van der Waals surface area (Å²) in [5, 5.41) is 4.82. The van der Waals surface area contributed by atoms with Crippen molar-refractivity contribution in [3.63, 3.8) is 0 Å². The lowest BCUT2D eigenvalue weighted by atomic mass is 9.80. The van der Waals surface area contributed by atoms with Crippen molar-refractivity contribution < 1.29 is 4.79 Å². The van der Waals surface area contributed by atoms with Crippen LogP contribution in [0.3, 0.4) is 0 Å². The van der Waals surface area contributed by atoms with Crippen LogP contribution in [0, 0.1) is 5.41 Å². The highest BCUT2D eigenvalue weighted by Gasteiger charge is 2.28. The number of thioether (sulfide) groups is 1. The summed E-state index contributed by atoms with van der Waals surface area (Å²) < 4.78 is 1.21. The van der Waals surface area contributed by atoms with Gasteiger partial charge < -0.3 is 5.32 Å². The van der Waals surface area contributed by atoms with Crippen LogP contribution in [0.2, 0.25) is 0 Å². The van der Waals surface area contributed by atoms with Crippen LogP contribution in [0.15, 0.2) is 29.3 Å². The summed E-state index contributed by atoms with van der Waals surface area (Å²) in [6.07, 6.45) is 2.27. The molecule has 1 atom stereocenters. The van der Waals surface area contributed by atoms with E-state index in [1.165, 1.54) is 4.70 Å². The number of amidine groups is 1. The monoisotopic (exact) mass is 347 g/mol. The summed E-state index contributed by atoms with van der Waals surface area (Å²) in [6.45, 7) is 5.11. The van der Waals surface area contributed by atoms with E-state index < -0.39 is 0 Å². The molecule has 1 aliphatic heterocycles. The highest BCUT2D eigenvalue weighted by molar-refractivity contribution is 8.14. The molecule has 122 valence electrons. The normalized spacial score (nSPS) is 17.0. The number of amides is 1. The molecular formula is C17H21N3OS2. The minimum absolute atomic E-state index is 0.0589. The second-order valence-electron chi connectivity index (χ2n) is 6.18. The number of nitrogens with zero attached hydrogens (tertiary/aromatic N) is 2. The van der Waals surface area contributed by atoms with Crippen molar-refractivity contribution in [3.05, 3.63) is 29.3 Å². The Morgan fingerprint density at radius 3 is 2.91 bits per heavy atom. The van der Waals surface area contributed by atoms with E-state index >= 15 is 0 Å². The number of hydrogen-bond donors (Lipinski definition) is 1. The van der Waals surface area contributed by atoms with E-state index in [2.05, 4.69) is 30.2 Å². The first-order chi connectivity index (χ1) is 11.1. The lowest BCUT2D eigenvalue weighted by Gasteiger charge is -2.26. The summed E-state index contributed by atoms with van der Waals surface area (Å²) in [5.74, 6) is 1.02. The Labute approximate surface area is 144 Å². The Hall–Kier alpha value is -1.40. The first kappa shape index (κ1) is 16.5. The molecule has 1 N–H and O–H groups in total. The van der Waals surface area contributed by atoms with Crippen LogP contribution in [0.25, 0.3) is 10.2 Å². The number of aromatic nitrogens is 1. The first-order valence-electron chi connectivity index (χ1n) is 7.89. The minimum Gasteiger partial charge on any atom is -0.305 e. The van der Waals surface area contributed by atoms with Gasteiger partial charge >= 0.3 is 0 Å². The molecule has 6 heteroatoms. The molecule has 0 bridgehead atoms. The molecule has 3 rings (SSSR count). The zero-order valence-electron chi connectivity index (χ0n) is 13.5. The molecular weight excluding hydrogens is 326 g/mol. The van der Waals surface area contributed by atoms with Crippen LogP contribution < -0.4 is 5.32 Å². The van der Waals surface area contributed by atoms with Crippen molar-refractivity contribution >= 4 is 44.4 Å². The number of nitrogens with one attached hydrogen (secondary N) is 1. The lowest BCUT2D eigenvalue weighted by molar-refractivity contribution is -0.121. The number of para-hydroxylation sites is 1. The van der Waals surface area contributed by atoms with Crippen LogP contribution in [-0.4, -0.2) is 28.4 Å². The van der Waals surface area contributed by atoms with Crippen molar-refractivity contribution in [2.24, 2.45) is 10.4 Å². The predicted molar refractivity (Wildman–Crippen MR) is 99.2 cm³/mol. The van der Waals surface area contributed by atoms with E-state index in [-0.39, 0.29) is 11.3 Å². The molecule has 4 nitrogen and oxygen atoms in total. The van der Waals surface area contributed by atoms with Crippen molar-refractivity contribution in [3.8, 4) is 0 Å². The van der Waals surface area contributed by atoms with Crippen molar-refractivity contribution in [1.29, 1.82) is 0 Å². The second-order valence-corrected chi connectivity index (χ2v) is 8.38. The van der Waals surface area contributed by atoms with Gasteiger partial charge in [0.15, 0.2) is 5.17 Å². The predicted octanol–water partition coefficient (Wildman–Crippen LogP) is 3.86. The van der Waals surface area contributed by atoms with Crippen molar-refractivity contribution in [2.75, 3.05) is 12.3 Å². The molecule has 0 fully saturated rings. The van der Waals surface area contributed by atoms with Gasteiger partial charge in [-0.2, -0.15) is 0 Å². The van der Waals surface area contributed by atoms with Gasteiger partial charge in [0, 0.05) is 18.6 Å². The van der Waals surface area contributed by atoms with E-state index in [0.717, 1.165) is 40.8 Å². The van der Waals surface area contributed by atoms with Gasteiger partial charge in [-0.3, -0.25) is 9.79 Å². The molecule has 1 amide bonds. The molecule has 0 saturated carbocycles. The standard InChI is InChI=1S/C17H21N3OS2/c1-3-17(2,10-14(21)20-16-18-8-9-22-16)11-15-19-12-6-4-5-7-13(12)23-15/h4-7H,3,8-11H2,1-2H3,(H,18,20,21). The molecule has 0 spiro atoms. The Bertz CT molecular complexity index is 707. The summed E-state index contributed by atoms with van der Waals surface area (Å²) in [5.41, 5.74) is 0.967. The molecule has 1 unspecified atom stereocenters. The number of aliphatic imine (C=N–C) groups is 1. The third-order valence-corrected chi connectivity index (χ3v) is 6.12. The number of hydrogen-bond acceptors (Lipinski definition) is 5. The zero-order chi connectivity index (χ0) is 16.3. The molecule has 1 aromatic carbocycles. The van der Waals surface area contributed by atoms with Crippen LogP contribution in [0.5, 0.6) is 0 Å². The largest absolute Gasteiger partial charge is 0.305 e. The summed E-state index contributed by atoms with van der Waals surface area (Å²) in [6, 6.07) is 8.19. The summed E-state index contributed by atoms with van der Waals surface area (Å²) in [7, 11) is 0. The maximum Gasteiger partial charge on any atom is 0.226 e. The Kier molecular flexibility index (Phi) is 5.02. The number of fused-ring (bicyclic) bond motifs is 1. The fourth-order valence-electron chi connectivity index (χ4n) is 2.63. The van der Waals surface area contributed by atoms with Crippen molar-refractivity contribution in [1.82, 2.24) is 10.3 Å². The van der Waals surface area contributed by atoms with Gasteiger partial charge in [0.2, 0.25) is 5.91 Å².